The van der Waals surface area contributed by atoms with Crippen molar-refractivity contribution >= 4 is 5.91 Å². The lowest BCUT2D eigenvalue weighted by molar-refractivity contribution is -0.123. The molecular weight excluding hydrogens is 204 g/mol. The summed E-state index contributed by atoms with van der Waals surface area (Å²) in [4.78, 5) is 11.6. The molecule has 0 fully saturated rings. The first kappa shape index (κ1) is 15.1. The van der Waals surface area contributed by atoms with Crippen LogP contribution in [-0.4, -0.2) is 38.3 Å². The monoisotopic (exact) mass is 228 g/mol. The first-order valence-electron chi connectivity index (χ1n) is 5.75. The van der Waals surface area contributed by atoms with E-state index in [1.54, 1.807) is 7.11 Å². The molecule has 0 bridgehead atoms. The molecule has 0 saturated heterocycles. The predicted molar refractivity (Wildman–Crippen MR) is 66.4 cm³/mol. The van der Waals surface area contributed by atoms with Crippen molar-refractivity contribution in [3.63, 3.8) is 0 Å². The highest BCUT2D eigenvalue weighted by Crippen LogP contribution is 1.98. The van der Waals surface area contributed by atoms with Crippen LogP contribution in [-0.2, 0) is 9.53 Å². The van der Waals surface area contributed by atoms with Gasteiger partial charge in [-0.05, 0) is 26.7 Å². The fraction of sp³-hybridized carbons (Fsp3) is 0.750. The molecule has 0 radical (unpaired) electrons. The fourth-order valence-electron chi connectivity index (χ4n) is 1.38. The minimum absolute atomic E-state index is 0.0162. The standard InChI is InChI=1S/C12H24N2O2/c1-5-6-7-10(2)14-11(3)12(15)13-8-9-16-4/h5,10-11,14H,1,6-9H2,2-4H3,(H,13,15). The Balaban J connectivity index is 3.72. The molecule has 4 heteroatoms. The third-order valence-electron chi connectivity index (χ3n) is 2.34. The maximum Gasteiger partial charge on any atom is 0.236 e. The molecule has 0 aliphatic carbocycles. The Hall–Kier alpha value is -0.870. The summed E-state index contributed by atoms with van der Waals surface area (Å²) in [5, 5.41) is 6.04. The lowest BCUT2D eigenvalue weighted by Gasteiger charge is -2.19. The Morgan fingerprint density at radius 1 is 1.50 bits per heavy atom. The highest BCUT2D eigenvalue weighted by Gasteiger charge is 2.13. The van der Waals surface area contributed by atoms with Crippen molar-refractivity contribution < 1.29 is 9.53 Å². The van der Waals surface area contributed by atoms with Crippen molar-refractivity contribution in [1.29, 1.82) is 0 Å². The number of amides is 1. The zero-order valence-corrected chi connectivity index (χ0v) is 10.6. The van der Waals surface area contributed by atoms with E-state index in [2.05, 4.69) is 24.1 Å². The molecule has 0 aromatic heterocycles. The van der Waals surface area contributed by atoms with Crippen molar-refractivity contribution in [2.45, 2.75) is 38.8 Å². The number of allylic oxidation sites excluding steroid dienone is 1. The number of hydrogen-bond acceptors (Lipinski definition) is 3. The van der Waals surface area contributed by atoms with E-state index < -0.39 is 0 Å². The van der Waals surface area contributed by atoms with Gasteiger partial charge in [-0.1, -0.05) is 6.08 Å². The number of rotatable bonds is 9. The molecule has 2 atom stereocenters. The zero-order valence-electron chi connectivity index (χ0n) is 10.6. The lowest BCUT2D eigenvalue weighted by atomic mass is 10.1. The van der Waals surface area contributed by atoms with Gasteiger partial charge in [0, 0.05) is 19.7 Å². The average molecular weight is 228 g/mol. The van der Waals surface area contributed by atoms with E-state index in [1.165, 1.54) is 0 Å². The van der Waals surface area contributed by atoms with Crippen LogP contribution >= 0.6 is 0 Å². The molecule has 94 valence electrons. The summed E-state index contributed by atoms with van der Waals surface area (Å²) in [5.41, 5.74) is 0. The minimum Gasteiger partial charge on any atom is -0.383 e. The van der Waals surface area contributed by atoms with E-state index in [0.717, 1.165) is 12.8 Å². The van der Waals surface area contributed by atoms with Crippen LogP contribution in [0.25, 0.3) is 0 Å². The molecular formula is C12H24N2O2. The first-order chi connectivity index (χ1) is 7.61. The Labute approximate surface area is 98.4 Å². The fourth-order valence-corrected chi connectivity index (χ4v) is 1.38. The first-order valence-corrected chi connectivity index (χ1v) is 5.75. The van der Waals surface area contributed by atoms with Gasteiger partial charge >= 0.3 is 0 Å². The average Bonchev–Trinajstić information content (AvgIpc) is 2.26. The molecule has 0 aromatic rings. The van der Waals surface area contributed by atoms with Crippen molar-refractivity contribution in [2.75, 3.05) is 20.3 Å². The summed E-state index contributed by atoms with van der Waals surface area (Å²) in [5.74, 6) is 0.0162. The van der Waals surface area contributed by atoms with Crippen LogP contribution in [0.15, 0.2) is 12.7 Å². The van der Waals surface area contributed by atoms with Crippen molar-refractivity contribution in [1.82, 2.24) is 10.6 Å². The summed E-state index contributed by atoms with van der Waals surface area (Å²) >= 11 is 0. The topological polar surface area (TPSA) is 50.4 Å². The highest BCUT2D eigenvalue weighted by molar-refractivity contribution is 5.81. The molecule has 0 aliphatic rings. The van der Waals surface area contributed by atoms with E-state index >= 15 is 0 Å². The van der Waals surface area contributed by atoms with Crippen molar-refractivity contribution in [2.24, 2.45) is 0 Å². The molecule has 0 saturated carbocycles. The number of carbonyl (C=O) groups excluding carboxylic acids is 1. The largest absolute Gasteiger partial charge is 0.383 e. The summed E-state index contributed by atoms with van der Waals surface area (Å²) in [7, 11) is 1.62. The number of nitrogens with one attached hydrogen (secondary N) is 2. The molecule has 16 heavy (non-hydrogen) atoms. The maximum atomic E-state index is 11.6. The number of methoxy groups -OCH3 is 1. The van der Waals surface area contributed by atoms with Crippen LogP contribution in [0.5, 0.6) is 0 Å². The van der Waals surface area contributed by atoms with Crippen molar-refractivity contribution in [3.05, 3.63) is 12.7 Å². The SMILES string of the molecule is C=CCCC(C)NC(C)C(=O)NCCOC. The van der Waals surface area contributed by atoms with E-state index in [1.807, 2.05) is 13.0 Å². The Morgan fingerprint density at radius 2 is 2.19 bits per heavy atom. The van der Waals surface area contributed by atoms with Crippen LogP contribution in [0, 0.1) is 0 Å². The molecule has 0 aliphatic heterocycles. The minimum atomic E-state index is -0.170. The summed E-state index contributed by atoms with van der Waals surface area (Å²) < 4.78 is 4.86. The van der Waals surface area contributed by atoms with Gasteiger partial charge in [-0.25, -0.2) is 0 Å². The predicted octanol–water partition coefficient (Wildman–Crippen LogP) is 1.08. The van der Waals surface area contributed by atoms with Crippen molar-refractivity contribution in [3.8, 4) is 0 Å². The molecule has 0 spiro atoms. The smallest absolute Gasteiger partial charge is 0.236 e. The quantitative estimate of drug-likeness (QED) is 0.459. The van der Waals surface area contributed by atoms with Crippen LogP contribution in [0.4, 0.5) is 0 Å². The van der Waals surface area contributed by atoms with Gasteiger partial charge in [0.1, 0.15) is 0 Å². The molecule has 2 N–H and O–H groups in total. The van der Waals surface area contributed by atoms with Gasteiger partial charge < -0.3 is 15.4 Å². The molecule has 0 heterocycles. The van der Waals surface area contributed by atoms with Gasteiger partial charge in [0.2, 0.25) is 5.91 Å². The lowest BCUT2D eigenvalue weighted by Crippen LogP contribution is -2.46. The molecule has 4 nitrogen and oxygen atoms in total. The number of ether oxygens (including phenoxy) is 1. The summed E-state index contributed by atoms with van der Waals surface area (Å²) in [6.07, 6.45) is 3.85. The summed E-state index contributed by atoms with van der Waals surface area (Å²) in [6.45, 7) is 8.72. The second-order valence-electron chi connectivity index (χ2n) is 3.94. The normalized spacial score (nSPS) is 14.2. The Bertz CT molecular complexity index is 207. The maximum absolute atomic E-state index is 11.6. The number of hydrogen-bond donors (Lipinski definition) is 2. The van der Waals surface area contributed by atoms with Crippen LogP contribution in [0.3, 0.4) is 0 Å². The Morgan fingerprint density at radius 3 is 2.75 bits per heavy atom. The second-order valence-corrected chi connectivity index (χ2v) is 3.94. The van der Waals surface area contributed by atoms with E-state index in [0.29, 0.717) is 19.2 Å². The van der Waals surface area contributed by atoms with Gasteiger partial charge in [0.25, 0.3) is 0 Å². The van der Waals surface area contributed by atoms with Crippen LogP contribution < -0.4 is 10.6 Å². The highest BCUT2D eigenvalue weighted by atomic mass is 16.5. The van der Waals surface area contributed by atoms with Gasteiger partial charge in [-0.2, -0.15) is 0 Å². The third kappa shape index (κ3) is 7.43. The van der Waals surface area contributed by atoms with Gasteiger partial charge in [0.05, 0.1) is 12.6 Å². The van der Waals surface area contributed by atoms with Gasteiger partial charge in [-0.3, -0.25) is 4.79 Å². The van der Waals surface area contributed by atoms with Crippen LogP contribution in [0.2, 0.25) is 0 Å². The van der Waals surface area contributed by atoms with Crippen LogP contribution in [0.1, 0.15) is 26.7 Å². The zero-order chi connectivity index (χ0) is 12.4. The molecule has 2 unspecified atom stereocenters. The summed E-state index contributed by atoms with van der Waals surface area (Å²) in [6, 6.07) is 0.151. The second kappa shape index (κ2) is 9.36. The van der Waals surface area contributed by atoms with E-state index in [9.17, 15) is 4.79 Å². The third-order valence-corrected chi connectivity index (χ3v) is 2.34. The van der Waals surface area contributed by atoms with E-state index in [-0.39, 0.29) is 11.9 Å². The van der Waals surface area contributed by atoms with Gasteiger partial charge in [-0.15, -0.1) is 6.58 Å². The van der Waals surface area contributed by atoms with Gasteiger partial charge in [0.15, 0.2) is 0 Å². The van der Waals surface area contributed by atoms with E-state index in [4.69, 9.17) is 4.74 Å². The molecule has 1 amide bonds. The Kier molecular flexibility index (Phi) is 8.85. The molecule has 0 rings (SSSR count). The number of carbonyl (C=O) groups is 1. The molecule has 0 aromatic carbocycles.